The van der Waals surface area contributed by atoms with Crippen LogP contribution < -0.4 is 5.32 Å². The minimum atomic E-state index is 0.508. The van der Waals surface area contributed by atoms with Crippen LogP contribution in [0, 0.1) is 0 Å². The first-order valence-corrected chi connectivity index (χ1v) is 8.41. The second-order valence-corrected chi connectivity index (χ2v) is 7.79. The van der Waals surface area contributed by atoms with Crippen LogP contribution in [-0.2, 0) is 6.54 Å². The second kappa shape index (κ2) is 5.78. The van der Waals surface area contributed by atoms with Crippen LogP contribution in [-0.4, -0.2) is 0 Å². The normalized spacial score (nSPS) is 22.2. The lowest BCUT2D eigenvalue weighted by atomic mass is 9.81. The summed E-state index contributed by atoms with van der Waals surface area (Å²) in [6, 6.07) is 13.7. The molecule has 19 heavy (non-hydrogen) atoms. The minimum absolute atomic E-state index is 0.508. The highest BCUT2D eigenvalue weighted by Crippen LogP contribution is 2.37. The predicted molar refractivity (Wildman–Crippen MR) is 85.7 cm³/mol. The van der Waals surface area contributed by atoms with Crippen LogP contribution in [0.2, 0.25) is 0 Å². The molecule has 0 spiro atoms. The van der Waals surface area contributed by atoms with E-state index in [1.165, 1.54) is 32.6 Å². The van der Waals surface area contributed by atoms with Gasteiger partial charge in [0.1, 0.15) is 0 Å². The summed E-state index contributed by atoms with van der Waals surface area (Å²) >= 11 is 5.33. The number of thiophene rings is 1. The van der Waals surface area contributed by atoms with Gasteiger partial charge < -0.3 is 5.32 Å². The fraction of sp³-hybridized carbons (Fsp3) is 0.375. The van der Waals surface area contributed by atoms with Gasteiger partial charge in [-0.1, -0.05) is 31.2 Å². The molecule has 1 aromatic heterocycles. The second-order valence-electron chi connectivity index (χ2n) is 5.25. The molecule has 0 bridgehead atoms. The Morgan fingerprint density at radius 3 is 2.68 bits per heavy atom. The highest BCUT2D eigenvalue weighted by molar-refractivity contribution is 9.11. The molecule has 1 aliphatic rings. The van der Waals surface area contributed by atoms with E-state index >= 15 is 0 Å². The summed E-state index contributed by atoms with van der Waals surface area (Å²) in [6.45, 7) is 3.30. The Morgan fingerprint density at radius 1 is 1.16 bits per heavy atom. The summed E-state index contributed by atoms with van der Waals surface area (Å²) in [6.07, 6.45) is 2.52. The van der Waals surface area contributed by atoms with Crippen LogP contribution in [0.25, 0.3) is 0 Å². The van der Waals surface area contributed by atoms with Gasteiger partial charge in [0.05, 0.1) is 3.79 Å². The van der Waals surface area contributed by atoms with Gasteiger partial charge in [0.2, 0.25) is 0 Å². The molecule has 1 aliphatic carbocycles. The van der Waals surface area contributed by atoms with Crippen molar-refractivity contribution in [2.75, 3.05) is 0 Å². The molecule has 1 nitrogen and oxygen atoms in total. The van der Waals surface area contributed by atoms with E-state index in [0.717, 1.165) is 6.54 Å². The summed E-state index contributed by atoms with van der Waals surface area (Å²) in [7, 11) is 0. The van der Waals surface area contributed by atoms with Gasteiger partial charge in [0.25, 0.3) is 0 Å². The van der Waals surface area contributed by atoms with Gasteiger partial charge in [-0.2, -0.15) is 0 Å². The van der Waals surface area contributed by atoms with Crippen molar-refractivity contribution in [2.24, 2.45) is 0 Å². The van der Waals surface area contributed by atoms with Crippen LogP contribution in [0.5, 0.6) is 0 Å². The monoisotopic (exact) mass is 335 g/mol. The lowest BCUT2D eigenvalue weighted by molar-refractivity contribution is 0.432. The fourth-order valence-electron chi connectivity index (χ4n) is 2.89. The molecule has 0 fully saturated rings. The Kier molecular flexibility index (Phi) is 4.06. The molecule has 1 aromatic carbocycles. The van der Waals surface area contributed by atoms with Crippen molar-refractivity contribution in [3.63, 3.8) is 0 Å². The molecule has 2 unspecified atom stereocenters. The molecule has 0 saturated carbocycles. The van der Waals surface area contributed by atoms with E-state index in [1.807, 2.05) is 11.3 Å². The van der Waals surface area contributed by atoms with E-state index in [4.69, 9.17) is 0 Å². The zero-order valence-corrected chi connectivity index (χ0v) is 13.4. The number of halogens is 1. The molecule has 0 aliphatic heterocycles. The lowest BCUT2D eigenvalue weighted by Gasteiger charge is -2.30. The van der Waals surface area contributed by atoms with Crippen molar-refractivity contribution in [1.29, 1.82) is 0 Å². The molecule has 1 heterocycles. The summed E-state index contributed by atoms with van der Waals surface area (Å²) in [5.41, 5.74) is 3.02. The van der Waals surface area contributed by atoms with Crippen molar-refractivity contribution in [3.05, 3.63) is 56.2 Å². The molecular weight excluding hydrogens is 318 g/mol. The van der Waals surface area contributed by atoms with Crippen molar-refractivity contribution in [3.8, 4) is 0 Å². The Hall–Kier alpha value is -0.640. The molecule has 0 amide bonds. The molecule has 3 rings (SSSR count). The van der Waals surface area contributed by atoms with Crippen LogP contribution in [0.1, 0.15) is 47.7 Å². The maximum absolute atomic E-state index is 3.72. The van der Waals surface area contributed by atoms with Gasteiger partial charge in [0, 0.05) is 17.5 Å². The number of fused-ring (bicyclic) bond motifs is 1. The summed E-state index contributed by atoms with van der Waals surface area (Å²) in [5, 5.41) is 3.72. The summed E-state index contributed by atoms with van der Waals surface area (Å²) < 4.78 is 1.21. The Morgan fingerprint density at radius 2 is 1.95 bits per heavy atom. The average molecular weight is 336 g/mol. The summed E-state index contributed by atoms with van der Waals surface area (Å²) in [4.78, 5) is 1.39. The highest BCUT2D eigenvalue weighted by atomic mass is 79.9. The first-order chi connectivity index (χ1) is 9.24. The summed E-state index contributed by atoms with van der Waals surface area (Å²) in [5.74, 6) is 0.699. The highest BCUT2D eigenvalue weighted by Gasteiger charge is 2.23. The standard InChI is InChI=1S/C16H18BrNS/c1-11-6-8-15(14-5-3-2-4-13(11)14)18-10-12-7-9-16(17)19-12/h2-5,7,9,11,15,18H,6,8,10H2,1H3. The minimum Gasteiger partial charge on any atom is -0.305 e. The van der Waals surface area contributed by atoms with Crippen LogP contribution in [0.15, 0.2) is 40.2 Å². The molecule has 1 N–H and O–H groups in total. The van der Waals surface area contributed by atoms with Gasteiger partial charge in [-0.25, -0.2) is 0 Å². The molecule has 0 radical (unpaired) electrons. The third kappa shape index (κ3) is 2.93. The molecule has 2 aromatic rings. The SMILES string of the molecule is CC1CCC(NCc2ccc(Br)s2)c2ccccc21. The number of nitrogens with one attached hydrogen (secondary N) is 1. The van der Waals surface area contributed by atoms with Crippen molar-refractivity contribution >= 4 is 27.3 Å². The largest absolute Gasteiger partial charge is 0.305 e. The number of benzene rings is 1. The van der Waals surface area contributed by atoms with Crippen molar-refractivity contribution < 1.29 is 0 Å². The smallest absolute Gasteiger partial charge is 0.0701 e. The quantitative estimate of drug-likeness (QED) is 0.808. The number of hydrogen-bond acceptors (Lipinski definition) is 2. The van der Waals surface area contributed by atoms with Gasteiger partial charge in [-0.15, -0.1) is 11.3 Å². The topological polar surface area (TPSA) is 12.0 Å². The van der Waals surface area contributed by atoms with E-state index in [-0.39, 0.29) is 0 Å². The Bertz CT molecular complexity index is 563. The van der Waals surface area contributed by atoms with Gasteiger partial charge in [0.15, 0.2) is 0 Å². The number of hydrogen-bond donors (Lipinski definition) is 1. The third-order valence-electron chi connectivity index (χ3n) is 3.94. The fourth-order valence-corrected chi connectivity index (χ4v) is 4.32. The lowest BCUT2D eigenvalue weighted by Crippen LogP contribution is -2.25. The molecular formula is C16H18BrNS. The zero-order chi connectivity index (χ0) is 13.2. The van der Waals surface area contributed by atoms with E-state index in [0.29, 0.717) is 12.0 Å². The molecule has 0 saturated heterocycles. The van der Waals surface area contributed by atoms with E-state index in [2.05, 4.69) is 64.6 Å². The molecule has 3 heteroatoms. The third-order valence-corrected chi connectivity index (χ3v) is 5.57. The molecule has 2 atom stereocenters. The number of rotatable bonds is 3. The average Bonchev–Trinajstić information content (AvgIpc) is 2.84. The zero-order valence-electron chi connectivity index (χ0n) is 11.0. The van der Waals surface area contributed by atoms with Crippen molar-refractivity contribution in [1.82, 2.24) is 5.32 Å². The van der Waals surface area contributed by atoms with Gasteiger partial charge >= 0.3 is 0 Å². The van der Waals surface area contributed by atoms with Crippen LogP contribution >= 0.6 is 27.3 Å². The van der Waals surface area contributed by atoms with E-state index in [1.54, 1.807) is 0 Å². The first kappa shape index (κ1) is 13.3. The van der Waals surface area contributed by atoms with E-state index < -0.39 is 0 Å². The van der Waals surface area contributed by atoms with Crippen molar-refractivity contribution in [2.45, 2.75) is 38.3 Å². The maximum atomic E-state index is 3.72. The maximum Gasteiger partial charge on any atom is 0.0701 e. The first-order valence-electron chi connectivity index (χ1n) is 6.80. The Balaban J connectivity index is 1.74. The van der Waals surface area contributed by atoms with Crippen LogP contribution in [0.4, 0.5) is 0 Å². The van der Waals surface area contributed by atoms with Crippen LogP contribution in [0.3, 0.4) is 0 Å². The van der Waals surface area contributed by atoms with Gasteiger partial charge in [-0.05, 0) is 57.9 Å². The Labute approximate surface area is 127 Å². The van der Waals surface area contributed by atoms with E-state index in [9.17, 15) is 0 Å². The van der Waals surface area contributed by atoms with Gasteiger partial charge in [-0.3, -0.25) is 0 Å². The molecule has 100 valence electrons. The predicted octanol–water partition coefficient (Wildman–Crippen LogP) is 5.24.